The fourth-order valence-corrected chi connectivity index (χ4v) is 13.2. The van der Waals surface area contributed by atoms with E-state index in [9.17, 15) is 35.7 Å². The summed E-state index contributed by atoms with van der Waals surface area (Å²) in [7, 11) is 0. The Morgan fingerprint density at radius 1 is 0.673 bits per heavy atom. The Balaban J connectivity index is 0.942. The molecule has 8 aliphatic rings. The molecule has 0 aromatic rings. The second-order valence-electron chi connectivity index (χ2n) is 18.7. The van der Waals surface area contributed by atoms with Crippen LogP contribution in [-0.4, -0.2) is 135 Å². The molecule has 7 N–H and O–H groups in total. The Morgan fingerprint density at radius 2 is 1.37 bits per heavy atom. The summed E-state index contributed by atoms with van der Waals surface area (Å²) >= 11 is 0. The summed E-state index contributed by atoms with van der Waals surface area (Å²) in [6.45, 7) is 9.33. The molecular formula is C39H64O13. The number of fused-ring (bicyclic) bond motifs is 7. The quantitative estimate of drug-likeness (QED) is 0.194. The predicted molar refractivity (Wildman–Crippen MR) is 183 cm³/mol. The zero-order valence-corrected chi connectivity index (χ0v) is 31.2. The van der Waals surface area contributed by atoms with Crippen LogP contribution in [0.25, 0.3) is 0 Å². The lowest BCUT2D eigenvalue weighted by atomic mass is 9.44. The average molecular weight is 741 g/mol. The minimum absolute atomic E-state index is 0.168. The number of hydrogen-bond acceptors (Lipinski definition) is 13. The molecule has 0 aromatic heterocycles. The van der Waals surface area contributed by atoms with Crippen molar-refractivity contribution in [1.82, 2.24) is 0 Å². The SMILES string of the molecule is C[C@H]1CC[C@@]2(OC1)O[C@H]1C[C@H]3[C@@H]4CC[C@H]5C[C@@H](OC6O[C@H](CO)[C@@H](O)[C@H](O)[C@@H]6O[C@@H]6O[C@H](CO)[C@@H](O)[C@H](O)[C@H]6O)CC[C@]5(C)[C@H]4CC[C@]3(C)[C@H]1[C@@H]2C. The van der Waals surface area contributed by atoms with E-state index in [-0.39, 0.29) is 23.0 Å². The van der Waals surface area contributed by atoms with Crippen molar-refractivity contribution in [2.24, 2.45) is 52.3 Å². The van der Waals surface area contributed by atoms with Gasteiger partial charge in [0.15, 0.2) is 18.4 Å². The largest absolute Gasteiger partial charge is 0.394 e. The summed E-state index contributed by atoms with van der Waals surface area (Å²) < 4.78 is 37.5. The highest BCUT2D eigenvalue weighted by Crippen LogP contribution is 2.71. The van der Waals surface area contributed by atoms with E-state index in [2.05, 4.69) is 27.7 Å². The molecule has 298 valence electrons. The van der Waals surface area contributed by atoms with Crippen LogP contribution in [0.3, 0.4) is 0 Å². The van der Waals surface area contributed by atoms with Gasteiger partial charge in [0.05, 0.1) is 32.0 Å². The number of rotatable bonds is 6. The van der Waals surface area contributed by atoms with Gasteiger partial charge in [0.25, 0.3) is 0 Å². The Bertz CT molecular complexity index is 1260. The summed E-state index contributed by atoms with van der Waals surface area (Å²) in [6.07, 6.45) is -3.88. The van der Waals surface area contributed by atoms with Crippen molar-refractivity contribution in [3.05, 3.63) is 0 Å². The molecule has 0 radical (unpaired) electrons. The lowest BCUT2D eigenvalue weighted by molar-refractivity contribution is -0.373. The van der Waals surface area contributed by atoms with Crippen LogP contribution in [0.4, 0.5) is 0 Å². The van der Waals surface area contributed by atoms with Gasteiger partial charge in [0, 0.05) is 12.3 Å². The van der Waals surface area contributed by atoms with Crippen molar-refractivity contribution in [3.63, 3.8) is 0 Å². The molecule has 13 heteroatoms. The molecule has 4 heterocycles. The number of aliphatic hydroxyl groups excluding tert-OH is 7. The van der Waals surface area contributed by atoms with Crippen LogP contribution < -0.4 is 0 Å². The summed E-state index contributed by atoms with van der Waals surface area (Å²) in [5, 5.41) is 72.7. The molecule has 0 bridgehead atoms. The Morgan fingerprint density at radius 3 is 2.06 bits per heavy atom. The molecule has 4 saturated carbocycles. The standard InChI is InChI=1S/C39H64O13/c1-18-7-12-39(47-17-18)19(2)28-25(52-39)14-24-22-6-5-20-13-21(8-10-37(20,3)23(22)9-11-38(24,28)4)48-36-34(32(45)30(43)27(16-41)50-36)51-35-33(46)31(44)29(42)26(15-40)49-35/h18-36,40-46H,5-17H2,1-4H3/t18-,19-,20-,21-,22+,23-,24-,25-,26+,27+,28-,29+,30+,31-,32-,33+,34-,35-,36?,37-,38-,39+/m0/s1. The average Bonchev–Trinajstić information content (AvgIpc) is 3.58. The number of hydrogen-bond donors (Lipinski definition) is 7. The van der Waals surface area contributed by atoms with E-state index in [1.54, 1.807) is 0 Å². The van der Waals surface area contributed by atoms with Crippen molar-refractivity contribution in [2.45, 2.75) is 171 Å². The molecule has 4 saturated heterocycles. The third-order valence-electron chi connectivity index (χ3n) is 16.2. The second kappa shape index (κ2) is 14.1. The van der Waals surface area contributed by atoms with Crippen molar-refractivity contribution in [1.29, 1.82) is 0 Å². The molecule has 0 aromatic carbocycles. The van der Waals surface area contributed by atoms with Crippen LogP contribution in [0.1, 0.15) is 91.9 Å². The number of aliphatic hydroxyl groups is 7. The highest BCUT2D eigenvalue weighted by molar-refractivity contribution is 5.15. The Hall–Kier alpha value is -0.520. The fourth-order valence-electron chi connectivity index (χ4n) is 13.2. The van der Waals surface area contributed by atoms with Crippen LogP contribution >= 0.6 is 0 Å². The van der Waals surface area contributed by atoms with Gasteiger partial charge in [-0.05, 0) is 104 Å². The molecule has 4 aliphatic heterocycles. The van der Waals surface area contributed by atoms with E-state index < -0.39 is 80.4 Å². The Kier molecular flexibility index (Phi) is 10.4. The normalized spacial score (nSPS) is 59.0. The highest BCUT2D eigenvalue weighted by Gasteiger charge is 2.69. The molecule has 0 amide bonds. The van der Waals surface area contributed by atoms with Crippen LogP contribution in [0, 0.1) is 52.3 Å². The molecule has 13 nitrogen and oxygen atoms in total. The fraction of sp³-hybridized carbons (Fsp3) is 1.00. The predicted octanol–water partition coefficient (Wildman–Crippen LogP) is 1.44. The van der Waals surface area contributed by atoms with E-state index in [1.807, 2.05) is 0 Å². The lowest BCUT2D eigenvalue weighted by Crippen LogP contribution is -2.65. The minimum Gasteiger partial charge on any atom is -0.394 e. The maximum Gasteiger partial charge on any atom is 0.187 e. The van der Waals surface area contributed by atoms with Gasteiger partial charge in [-0.3, -0.25) is 0 Å². The summed E-state index contributed by atoms with van der Waals surface area (Å²) in [5.41, 5.74) is 0.425. The zero-order valence-electron chi connectivity index (χ0n) is 31.2. The number of ether oxygens (including phenoxy) is 6. The van der Waals surface area contributed by atoms with E-state index in [4.69, 9.17) is 28.4 Å². The molecule has 4 aliphatic carbocycles. The highest BCUT2D eigenvalue weighted by atomic mass is 16.8. The van der Waals surface area contributed by atoms with Crippen molar-refractivity contribution < 1.29 is 64.2 Å². The van der Waals surface area contributed by atoms with Gasteiger partial charge >= 0.3 is 0 Å². The first-order valence-corrected chi connectivity index (χ1v) is 20.3. The van der Waals surface area contributed by atoms with E-state index in [0.29, 0.717) is 41.4 Å². The second-order valence-corrected chi connectivity index (χ2v) is 18.7. The molecular weight excluding hydrogens is 676 g/mol. The van der Waals surface area contributed by atoms with Gasteiger partial charge in [-0.15, -0.1) is 0 Å². The third-order valence-corrected chi connectivity index (χ3v) is 16.2. The minimum atomic E-state index is -1.71. The molecule has 8 fully saturated rings. The van der Waals surface area contributed by atoms with Gasteiger partial charge in [-0.1, -0.05) is 27.7 Å². The maximum atomic E-state index is 11.1. The van der Waals surface area contributed by atoms with E-state index in [0.717, 1.165) is 45.1 Å². The van der Waals surface area contributed by atoms with Crippen molar-refractivity contribution >= 4 is 0 Å². The first kappa shape index (κ1) is 38.4. The van der Waals surface area contributed by atoms with Gasteiger partial charge < -0.3 is 64.2 Å². The monoisotopic (exact) mass is 740 g/mol. The third kappa shape index (κ3) is 5.98. The molecule has 1 unspecified atom stereocenters. The van der Waals surface area contributed by atoms with E-state index in [1.165, 1.54) is 25.7 Å². The zero-order chi connectivity index (χ0) is 36.9. The topological polar surface area (TPSA) is 197 Å². The first-order chi connectivity index (χ1) is 24.7. The summed E-state index contributed by atoms with van der Waals surface area (Å²) in [5.74, 6) is 3.51. The van der Waals surface area contributed by atoms with Gasteiger partial charge in [0.1, 0.15) is 48.8 Å². The van der Waals surface area contributed by atoms with Gasteiger partial charge in [-0.25, -0.2) is 0 Å². The van der Waals surface area contributed by atoms with Gasteiger partial charge in [-0.2, -0.15) is 0 Å². The van der Waals surface area contributed by atoms with Crippen molar-refractivity contribution in [3.8, 4) is 0 Å². The maximum absolute atomic E-state index is 11.1. The van der Waals surface area contributed by atoms with Crippen LogP contribution in [-0.2, 0) is 28.4 Å². The summed E-state index contributed by atoms with van der Waals surface area (Å²) in [6, 6.07) is 0. The van der Waals surface area contributed by atoms with Crippen molar-refractivity contribution in [2.75, 3.05) is 19.8 Å². The Labute approximate surface area is 307 Å². The summed E-state index contributed by atoms with van der Waals surface area (Å²) in [4.78, 5) is 0. The van der Waals surface area contributed by atoms with E-state index >= 15 is 0 Å². The molecule has 1 spiro atoms. The lowest BCUT2D eigenvalue weighted by Gasteiger charge is -2.61. The molecule has 22 atom stereocenters. The first-order valence-electron chi connectivity index (χ1n) is 20.3. The molecule has 8 rings (SSSR count). The smallest absolute Gasteiger partial charge is 0.187 e. The molecule has 52 heavy (non-hydrogen) atoms. The van der Waals surface area contributed by atoms with Crippen LogP contribution in [0.5, 0.6) is 0 Å². The van der Waals surface area contributed by atoms with Crippen LogP contribution in [0.15, 0.2) is 0 Å². The van der Waals surface area contributed by atoms with Gasteiger partial charge in [0.2, 0.25) is 0 Å². The van der Waals surface area contributed by atoms with Crippen LogP contribution in [0.2, 0.25) is 0 Å².